The van der Waals surface area contributed by atoms with Crippen molar-refractivity contribution in [3.8, 4) is 0 Å². The van der Waals surface area contributed by atoms with Gasteiger partial charge in [-0.1, -0.05) is 29.8 Å². The van der Waals surface area contributed by atoms with Gasteiger partial charge in [-0.15, -0.1) is 11.6 Å². The molecule has 0 radical (unpaired) electrons. The number of ether oxygens (including phenoxy) is 1. The van der Waals surface area contributed by atoms with E-state index in [1.54, 1.807) is 0 Å². The number of halogens is 2. The molecule has 2 rings (SSSR count). The molecule has 2 atom stereocenters. The zero-order valence-electron chi connectivity index (χ0n) is 10.6. The second-order valence-corrected chi connectivity index (χ2v) is 5.58. The first kappa shape index (κ1) is 14.1. The van der Waals surface area contributed by atoms with Crippen LogP contribution in [0.5, 0.6) is 0 Å². The van der Waals surface area contributed by atoms with Crippen LogP contribution in [0.1, 0.15) is 18.9 Å². The minimum absolute atomic E-state index is 0.277. The monoisotopic (exact) mass is 287 g/mol. The van der Waals surface area contributed by atoms with Gasteiger partial charge >= 0.3 is 0 Å². The number of nitrogens with zero attached hydrogens (tertiary/aromatic N) is 1. The highest BCUT2D eigenvalue weighted by atomic mass is 35.5. The summed E-state index contributed by atoms with van der Waals surface area (Å²) in [7, 11) is 0. The van der Waals surface area contributed by atoms with E-state index in [9.17, 15) is 0 Å². The van der Waals surface area contributed by atoms with Crippen LogP contribution in [0, 0.1) is 0 Å². The largest absolute Gasteiger partial charge is 0.376 e. The molecule has 1 saturated heterocycles. The Bertz CT molecular complexity index is 386. The fourth-order valence-electron chi connectivity index (χ4n) is 2.34. The van der Waals surface area contributed by atoms with Crippen molar-refractivity contribution in [3.63, 3.8) is 0 Å². The van der Waals surface area contributed by atoms with Gasteiger partial charge in [-0.3, -0.25) is 4.90 Å². The van der Waals surface area contributed by atoms with Gasteiger partial charge in [0.05, 0.1) is 12.7 Å². The summed E-state index contributed by atoms with van der Waals surface area (Å²) in [5.74, 6) is 0.668. The van der Waals surface area contributed by atoms with E-state index in [0.29, 0.717) is 11.9 Å². The molecule has 0 amide bonds. The van der Waals surface area contributed by atoms with Crippen molar-refractivity contribution in [2.24, 2.45) is 0 Å². The molecule has 0 aliphatic carbocycles. The first-order valence-electron chi connectivity index (χ1n) is 6.35. The summed E-state index contributed by atoms with van der Waals surface area (Å²) in [6.45, 7) is 4.68. The first-order chi connectivity index (χ1) is 8.70. The van der Waals surface area contributed by atoms with Crippen molar-refractivity contribution in [2.45, 2.75) is 32.0 Å². The Hall–Kier alpha value is -0.280. The average molecular weight is 288 g/mol. The van der Waals surface area contributed by atoms with Gasteiger partial charge in [0.15, 0.2) is 0 Å². The van der Waals surface area contributed by atoms with Gasteiger partial charge in [0.1, 0.15) is 0 Å². The molecular weight excluding hydrogens is 269 g/mol. The van der Waals surface area contributed by atoms with Crippen LogP contribution in [0.25, 0.3) is 0 Å². The second kappa shape index (κ2) is 6.76. The summed E-state index contributed by atoms with van der Waals surface area (Å²) < 4.78 is 5.71. The molecule has 0 aromatic heterocycles. The van der Waals surface area contributed by atoms with E-state index < -0.39 is 0 Å². The summed E-state index contributed by atoms with van der Waals surface area (Å²) in [6, 6.07) is 8.42. The third-order valence-electron chi connectivity index (χ3n) is 3.35. The van der Waals surface area contributed by atoms with Gasteiger partial charge in [-0.25, -0.2) is 0 Å². The SMILES string of the molecule is CC1CN(Cc2ccccc2Cl)C(CCCl)CO1. The molecule has 100 valence electrons. The summed E-state index contributed by atoms with van der Waals surface area (Å²) in [5, 5.41) is 0.835. The molecule has 2 nitrogen and oxygen atoms in total. The summed E-state index contributed by atoms with van der Waals surface area (Å²) in [4.78, 5) is 2.43. The maximum atomic E-state index is 6.22. The van der Waals surface area contributed by atoms with Gasteiger partial charge in [0, 0.05) is 30.0 Å². The van der Waals surface area contributed by atoms with Gasteiger partial charge in [-0.05, 0) is 25.0 Å². The van der Waals surface area contributed by atoms with Crippen LogP contribution in [0.2, 0.25) is 5.02 Å². The molecule has 1 aliphatic heterocycles. The zero-order chi connectivity index (χ0) is 13.0. The fourth-order valence-corrected chi connectivity index (χ4v) is 2.79. The molecule has 1 aromatic carbocycles. The Kier molecular flexibility index (Phi) is 5.31. The number of hydrogen-bond acceptors (Lipinski definition) is 2. The molecule has 0 saturated carbocycles. The van der Waals surface area contributed by atoms with Gasteiger partial charge in [-0.2, -0.15) is 0 Å². The second-order valence-electron chi connectivity index (χ2n) is 4.80. The lowest BCUT2D eigenvalue weighted by atomic mass is 10.1. The number of hydrogen-bond donors (Lipinski definition) is 0. The molecule has 2 unspecified atom stereocenters. The van der Waals surface area contributed by atoms with E-state index in [-0.39, 0.29) is 6.10 Å². The normalized spacial score (nSPS) is 25.3. The zero-order valence-corrected chi connectivity index (χ0v) is 12.1. The Morgan fingerprint density at radius 1 is 1.39 bits per heavy atom. The highest BCUT2D eigenvalue weighted by Crippen LogP contribution is 2.22. The third-order valence-corrected chi connectivity index (χ3v) is 3.94. The lowest BCUT2D eigenvalue weighted by Crippen LogP contribution is -2.48. The maximum absolute atomic E-state index is 6.22. The maximum Gasteiger partial charge on any atom is 0.0674 e. The van der Waals surface area contributed by atoms with E-state index >= 15 is 0 Å². The van der Waals surface area contributed by atoms with E-state index in [4.69, 9.17) is 27.9 Å². The van der Waals surface area contributed by atoms with E-state index in [1.165, 1.54) is 5.56 Å². The quantitative estimate of drug-likeness (QED) is 0.785. The molecule has 1 aromatic rings. The van der Waals surface area contributed by atoms with Gasteiger partial charge in [0.2, 0.25) is 0 Å². The number of rotatable bonds is 4. The topological polar surface area (TPSA) is 12.5 Å². The molecule has 1 heterocycles. The predicted octanol–water partition coefficient (Wildman–Crippen LogP) is 3.56. The average Bonchev–Trinajstić information content (AvgIpc) is 2.36. The molecular formula is C14H19Cl2NO. The smallest absolute Gasteiger partial charge is 0.0674 e. The molecule has 0 bridgehead atoms. The molecule has 1 fully saturated rings. The van der Waals surface area contributed by atoms with Crippen molar-refractivity contribution < 1.29 is 4.74 Å². The van der Waals surface area contributed by atoms with Crippen LogP contribution in [0.15, 0.2) is 24.3 Å². The Morgan fingerprint density at radius 2 is 2.17 bits per heavy atom. The molecule has 1 aliphatic rings. The number of morpholine rings is 1. The van der Waals surface area contributed by atoms with Crippen molar-refractivity contribution in [3.05, 3.63) is 34.9 Å². The van der Waals surface area contributed by atoms with Crippen LogP contribution in [-0.2, 0) is 11.3 Å². The molecule has 0 spiro atoms. The third kappa shape index (κ3) is 3.61. The van der Waals surface area contributed by atoms with Crippen molar-refractivity contribution in [2.75, 3.05) is 19.0 Å². The van der Waals surface area contributed by atoms with Crippen LogP contribution in [0.3, 0.4) is 0 Å². The van der Waals surface area contributed by atoms with Crippen LogP contribution in [0.4, 0.5) is 0 Å². The number of alkyl halides is 1. The van der Waals surface area contributed by atoms with E-state index in [2.05, 4.69) is 17.9 Å². The standard InChI is InChI=1S/C14H19Cl2NO/c1-11-8-17(13(6-7-15)10-18-11)9-12-4-2-3-5-14(12)16/h2-5,11,13H,6-10H2,1H3. The minimum atomic E-state index is 0.277. The highest BCUT2D eigenvalue weighted by molar-refractivity contribution is 6.31. The van der Waals surface area contributed by atoms with E-state index in [0.717, 1.165) is 31.1 Å². The summed E-state index contributed by atoms with van der Waals surface area (Å²) in [6.07, 6.45) is 1.23. The Balaban J connectivity index is 2.06. The van der Waals surface area contributed by atoms with Gasteiger partial charge < -0.3 is 4.74 Å². The molecule has 0 N–H and O–H groups in total. The molecule has 4 heteroatoms. The van der Waals surface area contributed by atoms with E-state index in [1.807, 2.05) is 18.2 Å². The first-order valence-corrected chi connectivity index (χ1v) is 7.27. The minimum Gasteiger partial charge on any atom is -0.376 e. The van der Waals surface area contributed by atoms with Gasteiger partial charge in [0.25, 0.3) is 0 Å². The summed E-state index contributed by atoms with van der Waals surface area (Å²) >= 11 is 12.1. The van der Waals surface area contributed by atoms with Crippen molar-refractivity contribution in [1.82, 2.24) is 4.90 Å². The van der Waals surface area contributed by atoms with Crippen LogP contribution in [-0.4, -0.2) is 36.1 Å². The Morgan fingerprint density at radius 3 is 2.89 bits per heavy atom. The Labute approximate surface area is 119 Å². The van der Waals surface area contributed by atoms with Crippen LogP contribution < -0.4 is 0 Å². The fraction of sp³-hybridized carbons (Fsp3) is 0.571. The lowest BCUT2D eigenvalue weighted by molar-refractivity contribution is -0.0589. The van der Waals surface area contributed by atoms with Crippen molar-refractivity contribution in [1.29, 1.82) is 0 Å². The van der Waals surface area contributed by atoms with Crippen LogP contribution >= 0.6 is 23.2 Å². The lowest BCUT2D eigenvalue weighted by Gasteiger charge is -2.38. The molecule has 18 heavy (non-hydrogen) atoms. The summed E-state index contributed by atoms with van der Waals surface area (Å²) in [5.41, 5.74) is 1.17. The van der Waals surface area contributed by atoms with Crippen molar-refractivity contribution >= 4 is 23.2 Å². The number of benzene rings is 1. The highest BCUT2D eigenvalue weighted by Gasteiger charge is 2.26. The predicted molar refractivity (Wildman–Crippen MR) is 76.4 cm³/mol.